The smallest absolute Gasteiger partial charge is 0.255 e. The van der Waals surface area contributed by atoms with Gasteiger partial charge in [-0.05, 0) is 37.9 Å². The lowest BCUT2D eigenvalue weighted by atomic mass is 10.1. The molecule has 1 saturated heterocycles. The molecule has 1 aromatic carbocycles. The van der Waals surface area contributed by atoms with Crippen molar-refractivity contribution in [2.45, 2.75) is 25.3 Å². The Balaban J connectivity index is 1.59. The Morgan fingerprint density at radius 2 is 2.25 bits per heavy atom. The van der Waals surface area contributed by atoms with Gasteiger partial charge in [-0.3, -0.25) is 4.79 Å². The Kier molecular flexibility index (Phi) is 4.06. The predicted octanol–water partition coefficient (Wildman–Crippen LogP) is 1.33. The maximum absolute atomic E-state index is 12.2. The number of carbonyl (C=O) groups excluding carboxylic acids is 1. The van der Waals surface area contributed by atoms with Gasteiger partial charge in [0.05, 0.1) is 5.56 Å². The van der Waals surface area contributed by atoms with Crippen LogP contribution in [0.25, 0.3) is 0 Å². The summed E-state index contributed by atoms with van der Waals surface area (Å²) in [6, 6.07) is 5.96. The van der Waals surface area contributed by atoms with Gasteiger partial charge in [0, 0.05) is 12.6 Å². The monoisotopic (exact) mass is 276 g/mol. The second-order valence-corrected chi connectivity index (χ2v) is 5.17. The highest BCUT2D eigenvalue weighted by atomic mass is 16.6. The molecule has 1 atom stereocenters. The van der Waals surface area contributed by atoms with Crippen molar-refractivity contribution in [1.82, 2.24) is 10.6 Å². The topological polar surface area (TPSA) is 59.6 Å². The average molecular weight is 276 g/mol. The van der Waals surface area contributed by atoms with Crippen LogP contribution in [0.1, 0.15) is 29.6 Å². The second-order valence-electron chi connectivity index (χ2n) is 5.17. The van der Waals surface area contributed by atoms with Crippen LogP contribution in [-0.4, -0.2) is 38.3 Å². The van der Waals surface area contributed by atoms with Crippen molar-refractivity contribution >= 4 is 5.91 Å². The summed E-state index contributed by atoms with van der Waals surface area (Å²) in [6.45, 7) is 2.80. The molecule has 0 bridgehead atoms. The number of para-hydroxylation sites is 1. The van der Waals surface area contributed by atoms with Gasteiger partial charge < -0.3 is 20.1 Å². The van der Waals surface area contributed by atoms with Crippen LogP contribution < -0.4 is 20.1 Å². The van der Waals surface area contributed by atoms with Crippen LogP contribution in [0, 0.1) is 0 Å². The summed E-state index contributed by atoms with van der Waals surface area (Å²) in [7, 11) is 0. The zero-order valence-corrected chi connectivity index (χ0v) is 11.5. The van der Waals surface area contributed by atoms with Crippen LogP contribution in [0.15, 0.2) is 18.2 Å². The zero-order valence-electron chi connectivity index (χ0n) is 11.5. The molecule has 3 rings (SSSR count). The van der Waals surface area contributed by atoms with E-state index >= 15 is 0 Å². The fraction of sp³-hybridized carbons (Fsp3) is 0.533. The van der Waals surface area contributed by atoms with Gasteiger partial charge in [-0.15, -0.1) is 0 Å². The van der Waals surface area contributed by atoms with Gasteiger partial charge in [0.25, 0.3) is 5.91 Å². The molecule has 0 radical (unpaired) electrons. The molecule has 5 nitrogen and oxygen atoms in total. The Bertz CT molecular complexity index is 484. The molecule has 1 amide bonds. The molecule has 1 aromatic rings. The summed E-state index contributed by atoms with van der Waals surface area (Å²) >= 11 is 0. The quantitative estimate of drug-likeness (QED) is 0.871. The van der Waals surface area contributed by atoms with Crippen molar-refractivity contribution in [1.29, 1.82) is 0 Å². The van der Waals surface area contributed by atoms with E-state index in [-0.39, 0.29) is 5.91 Å². The van der Waals surface area contributed by atoms with Crippen LogP contribution in [0.5, 0.6) is 11.5 Å². The Labute approximate surface area is 118 Å². The molecule has 2 N–H and O–H groups in total. The summed E-state index contributed by atoms with van der Waals surface area (Å²) in [5, 5.41) is 6.39. The molecule has 2 aliphatic heterocycles. The molecule has 2 heterocycles. The van der Waals surface area contributed by atoms with Gasteiger partial charge in [-0.25, -0.2) is 0 Å². The van der Waals surface area contributed by atoms with E-state index < -0.39 is 0 Å². The molecule has 0 spiro atoms. The third-order valence-electron chi connectivity index (χ3n) is 3.75. The van der Waals surface area contributed by atoms with Gasteiger partial charge in [-0.2, -0.15) is 0 Å². The van der Waals surface area contributed by atoms with Crippen molar-refractivity contribution in [3.05, 3.63) is 23.8 Å². The summed E-state index contributed by atoms with van der Waals surface area (Å²) in [5.74, 6) is 1.13. The largest absolute Gasteiger partial charge is 0.486 e. The van der Waals surface area contributed by atoms with Crippen molar-refractivity contribution in [3.63, 3.8) is 0 Å². The maximum atomic E-state index is 12.2. The first kappa shape index (κ1) is 13.2. The number of carbonyl (C=O) groups is 1. The van der Waals surface area contributed by atoms with Gasteiger partial charge in [0.1, 0.15) is 13.2 Å². The Hall–Kier alpha value is -1.75. The van der Waals surface area contributed by atoms with Gasteiger partial charge in [0.15, 0.2) is 11.5 Å². The van der Waals surface area contributed by atoms with E-state index in [2.05, 4.69) is 10.6 Å². The first-order chi connectivity index (χ1) is 9.84. The molecule has 5 heteroatoms. The van der Waals surface area contributed by atoms with E-state index in [4.69, 9.17) is 9.47 Å². The van der Waals surface area contributed by atoms with Gasteiger partial charge in [-0.1, -0.05) is 6.07 Å². The van der Waals surface area contributed by atoms with Crippen LogP contribution >= 0.6 is 0 Å². The normalized spacial score (nSPS) is 20.7. The number of benzene rings is 1. The zero-order chi connectivity index (χ0) is 13.8. The van der Waals surface area contributed by atoms with E-state index in [0.29, 0.717) is 42.9 Å². The summed E-state index contributed by atoms with van der Waals surface area (Å²) in [4.78, 5) is 12.2. The third kappa shape index (κ3) is 2.88. The molecule has 0 aliphatic carbocycles. The maximum Gasteiger partial charge on any atom is 0.255 e. The molecule has 20 heavy (non-hydrogen) atoms. The lowest BCUT2D eigenvalue weighted by Gasteiger charge is -2.20. The fourth-order valence-corrected chi connectivity index (χ4v) is 2.71. The molecular formula is C15H20N2O3. The number of nitrogens with one attached hydrogen (secondary N) is 2. The van der Waals surface area contributed by atoms with E-state index in [1.807, 2.05) is 12.1 Å². The average Bonchev–Trinajstić information content (AvgIpc) is 3.00. The number of hydrogen-bond acceptors (Lipinski definition) is 4. The molecule has 108 valence electrons. The number of fused-ring (bicyclic) bond motifs is 1. The first-order valence-corrected chi connectivity index (χ1v) is 7.25. The Morgan fingerprint density at radius 3 is 3.10 bits per heavy atom. The minimum atomic E-state index is -0.0923. The van der Waals surface area contributed by atoms with Crippen molar-refractivity contribution in [3.8, 4) is 11.5 Å². The highest BCUT2D eigenvalue weighted by Gasteiger charge is 2.20. The van der Waals surface area contributed by atoms with Gasteiger partial charge >= 0.3 is 0 Å². The summed E-state index contributed by atoms with van der Waals surface area (Å²) < 4.78 is 11.0. The SMILES string of the molecule is O=C(NCC[C@H]1CCCN1)c1cccc2c1OCCO2. The molecule has 1 fully saturated rings. The van der Waals surface area contributed by atoms with Crippen LogP contribution in [0.4, 0.5) is 0 Å². The standard InChI is InChI=1S/C15H20N2O3/c18-15(17-8-6-11-3-2-7-16-11)12-4-1-5-13-14(12)20-10-9-19-13/h1,4-5,11,16H,2-3,6-10H2,(H,17,18)/t11-/m1/s1. The number of amides is 1. The molecule has 0 unspecified atom stereocenters. The minimum absolute atomic E-state index is 0.0923. The van der Waals surface area contributed by atoms with Crippen molar-refractivity contribution < 1.29 is 14.3 Å². The fourth-order valence-electron chi connectivity index (χ4n) is 2.71. The summed E-state index contributed by atoms with van der Waals surface area (Å²) in [5.41, 5.74) is 0.557. The summed E-state index contributed by atoms with van der Waals surface area (Å²) in [6.07, 6.45) is 3.40. The third-order valence-corrected chi connectivity index (χ3v) is 3.75. The first-order valence-electron chi connectivity index (χ1n) is 7.25. The van der Waals surface area contributed by atoms with Crippen LogP contribution in [0.3, 0.4) is 0 Å². The number of rotatable bonds is 4. The van der Waals surface area contributed by atoms with Gasteiger partial charge in [0.2, 0.25) is 0 Å². The minimum Gasteiger partial charge on any atom is -0.486 e. The van der Waals surface area contributed by atoms with Crippen molar-refractivity contribution in [2.24, 2.45) is 0 Å². The number of hydrogen-bond donors (Lipinski definition) is 2. The lowest BCUT2D eigenvalue weighted by Crippen LogP contribution is -2.31. The van der Waals surface area contributed by atoms with E-state index in [1.54, 1.807) is 6.07 Å². The molecule has 0 saturated carbocycles. The van der Waals surface area contributed by atoms with E-state index in [9.17, 15) is 4.79 Å². The second kappa shape index (κ2) is 6.13. The highest BCUT2D eigenvalue weighted by molar-refractivity contribution is 5.97. The lowest BCUT2D eigenvalue weighted by molar-refractivity contribution is 0.0941. The van der Waals surface area contributed by atoms with E-state index in [0.717, 1.165) is 13.0 Å². The Morgan fingerprint density at radius 1 is 1.35 bits per heavy atom. The molecule has 2 aliphatic rings. The van der Waals surface area contributed by atoms with Crippen LogP contribution in [0.2, 0.25) is 0 Å². The van der Waals surface area contributed by atoms with Crippen molar-refractivity contribution in [2.75, 3.05) is 26.3 Å². The van der Waals surface area contributed by atoms with Crippen LogP contribution in [-0.2, 0) is 0 Å². The molecule has 0 aromatic heterocycles. The van der Waals surface area contributed by atoms with E-state index in [1.165, 1.54) is 12.8 Å². The number of ether oxygens (including phenoxy) is 2. The molecular weight excluding hydrogens is 256 g/mol. The predicted molar refractivity (Wildman–Crippen MR) is 75.4 cm³/mol. The highest BCUT2D eigenvalue weighted by Crippen LogP contribution is 2.33.